The lowest BCUT2D eigenvalue weighted by Gasteiger charge is -2.24. The highest BCUT2D eigenvalue weighted by Crippen LogP contribution is 2.16. The zero-order chi connectivity index (χ0) is 19.8. The lowest BCUT2D eigenvalue weighted by atomic mass is 10.1. The first-order chi connectivity index (χ1) is 13.6. The molecule has 1 aliphatic rings. The van der Waals surface area contributed by atoms with Gasteiger partial charge < -0.3 is 15.1 Å². The van der Waals surface area contributed by atoms with Crippen molar-refractivity contribution < 1.29 is 4.39 Å². The van der Waals surface area contributed by atoms with E-state index in [0.29, 0.717) is 12.5 Å². The molecule has 0 aromatic heterocycles. The van der Waals surface area contributed by atoms with Crippen LogP contribution in [0.1, 0.15) is 17.5 Å². The summed E-state index contributed by atoms with van der Waals surface area (Å²) < 4.78 is 13.4. The van der Waals surface area contributed by atoms with Gasteiger partial charge in [0.2, 0.25) is 0 Å². The second-order valence-electron chi connectivity index (χ2n) is 7.61. The molecular formula is C23H31FN4. The van der Waals surface area contributed by atoms with E-state index in [1.807, 2.05) is 18.0 Å². The minimum Gasteiger partial charge on any atom is -0.356 e. The van der Waals surface area contributed by atoms with E-state index in [1.165, 1.54) is 18.1 Å². The number of rotatable bonds is 7. The first-order valence-electron chi connectivity index (χ1n) is 10.1. The lowest BCUT2D eigenvalue weighted by Crippen LogP contribution is -2.41. The summed E-state index contributed by atoms with van der Waals surface area (Å²) >= 11 is 0. The van der Waals surface area contributed by atoms with Crippen molar-refractivity contribution in [2.45, 2.75) is 19.4 Å². The summed E-state index contributed by atoms with van der Waals surface area (Å²) in [6, 6.07) is 17.4. The van der Waals surface area contributed by atoms with Crippen molar-refractivity contribution in [3.05, 3.63) is 71.5 Å². The maximum absolute atomic E-state index is 13.4. The summed E-state index contributed by atoms with van der Waals surface area (Å²) in [7, 11) is 3.78. The van der Waals surface area contributed by atoms with E-state index in [2.05, 4.69) is 45.5 Å². The Balaban J connectivity index is 1.41. The molecule has 2 aromatic carbocycles. The number of likely N-dealkylation sites (tertiary alicyclic amines) is 1. The normalized spacial score (nSPS) is 17.7. The Morgan fingerprint density at radius 2 is 1.96 bits per heavy atom. The third-order valence-electron chi connectivity index (χ3n) is 5.36. The van der Waals surface area contributed by atoms with E-state index in [9.17, 15) is 4.39 Å². The van der Waals surface area contributed by atoms with Crippen LogP contribution in [0.2, 0.25) is 0 Å². The topological polar surface area (TPSA) is 30.9 Å². The molecule has 1 N–H and O–H groups in total. The zero-order valence-electron chi connectivity index (χ0n) is 16.9. The molecule has 1 atom stereocenters. The van der Waals surface area contributed by atoms with Crippen LogP contribution in [-0.4, -0.2) is 56.0 Å². The van der Waals surface area contributed by atoms with Crippen molar-refractivity contribution >= 4 is 5.96 Å². The minimum atomic E-state index is -0.199. The van der Waals surface area contributed by atoms with Gasteiger partial charge in [0.05, 0.1) is 0 Å². The maximum atomic E-state index is 13.4. The highest BCUT2D eigenvalue weighted by molar-refractivity contribution is 5.79. The monoisotopic (exact) mass is 382 g/mol. The Kier molecular flexibility index (Phi) is 7.43. The number of hydrogen-bond donors (Lipinski definition) is 1. The summed E-state index contributed by atoms with van der Waals surface area (Å²) in [4.78, 5) is 8.98. The summed E-state index contributed by atoms with van der Waals surface area (Å²) in [6.07, 6.45) is 2.32. The number of guanidine groups is 1. The lowest BCUT2D eigenvalue weighted by molar-refractivity contribution is 0.327. The predicted octanol–water partition coefficient (Wildman–Crippen LogP) is 3.40. The molecule has 0 amide bonds. The van der Waals surface area contributed by atoms with Crippen LogP contribution >= 0.6 is 0 Å². The molecule has 0 bridgehead atoms. The van der Waals surface area contributed by atoms with E-state index >= 15 is 0 Å². The molecule has 0 radical (unpaired) electrons. The first-order valence-corrected chi connectivity index (χ1v) is 10.1. The number of nitrogens with zero attached hydrogens (tertiary/aromatic N) is 3. The van der Waals surface area contributed by atoms with E-state index in [1.54, 1.807) is 19.2 Å². The number of nitrogens with one attached hydrogen (secondary N) is 1. The molecule has 0 spiro atoms. The molecule has 1 heterocycles. The molecule has 0 saturated carbocycles. The Bertz CT molecular complexity index is 762. The highest BCUT2D eigenvalue weighted by atomic mass is 19.1. The molecule has 4 nitrogen and oxygen atoms in total. The smallest absolute Gasteiger partial charge is 0.193 e. The highest BCUT2D eigenvalue weighted by Gasteiger charge is 2.22. The van der Waals surface area contributed by atoms with Gasteiger partial charge in [0.15, 0.2) is 5.96 Å². The van der Waals surface area contributed by atoms with Crippen LogP contribution in [0.5, 0.6) is 0 Å². The van der Waals surface area contributed by atoms with Crippen LogP contribution in [0.15, 0.2) is 59.6 Å². The summed E-state index contributed by atoms with van der Waals surface area (Å²) in [5, 5.41) is 3.50. The predicted molar refractivity (Wildman–Crippen MR) is 114 cm³/mol. The minimum absolute atomic E-state index is 0.199. The fourth-order valence-electron chi connectivity index (χ4n) is 3.82. The first kappa shape index (κ1) is 20.3. The van der Waals surface area contributed by atoms with Crippen LogP contribution in [0.25, 0.3) is 0 Å². The maximum Gasteiger partial charge on any atom is 0.193 e. The molecule has 5 heteroatoms. The third kappa shape index (κ3) is 6.06. The standard InChI is InChI=1S/C23H31FN4/c1-25-23(27(2)17-20-9-6-10-22(24)15-20)26-16-21-12-14-28(18-21)13-11-19-7-4-3-5-8-19/h3-10,15,21H,11-14,16-18H2,1-2H3,(H,25,26). The largest absolute Gasteiger partial charge is 0.356 e. The molecule has 1 aliphatic heterocycles. The number of hydrogen-bond acceptors (Lipinski definition) is 2. The van der Waals surface area contributed by atoms with Crippen LogP contribution in [-0.2, 0) is 13.0 Å². The molecule has 1 saturated heterocycles. The van der Waals surface area contributed by atoms with Crippen molar-refractivity contribution in [1.82, 2.24) is 15.1 Å². The molecule has 1 fully saturated rings. The summed E-state index contributed by atoms with van der Waals surface area (Å²) in [6.45, 7) is 4.96. The second kappa shape index (κ2) is 10.2. The van der Waals surface area contributed by atoms with Crippen LogP contribution in [0, 0.1) is 11.7 Å². The number of halogens is 1. The van der Waals surface area contributed by atoms with Crippen molar-refractivity contribution in [2.24, 2.45) is 10.9 Å². The zero-order valence-corrected chi connectivity index (χ0v) is 16.9. The fourth-order valence-corrected chi connectivity index (χ4v) is 3.82. The molecule has 3 rings (SSSR count). The van der Waals surface area contributed by atoms with Crippen molar-refractivity contribution in [1.29, 1.82) is 0 Å². The van der Waals surface area contributed by atoms with Gasteiger partial charge >= 0.3 is 0 Å². The van der Waals surface area contributed by atoms with Gasteiger partial charge in [0.25, 0.3) is 0 Å². The molecule has 28 heavy (non-hydrogen) atoms. The average Bonchev–Trinajstić information content (AvgIpc) is 3.15. The number of aliphatic imine (C=N–C) groups is 1. The van der Waals surface area contributed by atoms with Gasteiger partial charge in [-0.05, 0) is 48.6 Å². The van der Waals surface area contributed by atoms with Crippen LogP contribution in [0.4, 0.5) is 4.39 Å². The van der Waals surface area contributed by atoms with Gasteiger partial charge in [0.1, 0.15) is 5.82 Å². The van der Waals surface area contributed by atoms with Crippen LogP contribution in [0.3, 0.4) is 0 Å². The van der Waals surface area contributed by atoms with Gasteiger partial charge in [-0.3, -0.25) is 4.99 Å². The van der Waals surface area contributed by atoms with E-state index < -0.39 is 0 Å². The van der Waals surface area contributed by atoms with Gasteiger partial charge in [-0.2, -0.15) is 0 Å². The van der Waals surface area contributed by atoms with E-state index in [-0.39, 0.29) is 5.82 Å². The van der Waals surface area contributed by atoms with Gasteiger partial charge in [0, 0.05) is 40.3 Å². The summed E-state index contributed by atoms with van der Waals surface area (Å²) in [5.74, 6) is 1.29. The second-order valence-corrected chi connectivity index (χ2v) is 7.61. The summed E-state index contributed by atoms with van der Waals surface area (Å²) in [5.41, 5.74) is 2.35. The Hall–Kier alpha value is -2.40. The van der Waals surface area contributed by atoms with E-state index in [0.717, 1.165) is 44.1 Å². The molecule has 1 unspecified atom stereocenters. The molecular weight excluding hydrogens is 351 g/mol. The SMILES string of the molecule is CN=C(NCC1CCN(CCc2ccccc2)C1)N(C)Cc1cccc(F)c1. The van der Waals surface area contributed by atoms with Gasteiger partial charge in [-0.1, -0.05) is 42.5 Å². The molecule has 0 aliphatic carbocycles. The van der Waals surface area contributed by atoms with Crippen molar-refractivity contribution in [2.75, 3.05) is 40.3 Å². The van der Waals surface area contributed by atoms with Gasteiger partial charge in [-0.15, -0.1) is 0 Å². The average molecular weight is 383 g/mol. The van der Waals surface area contributed by atoms with E-state index in [4.69, 9.17) is 0 Å². The van der Waals surface area contributed by atoms with Crippen LogP contribution < -0.4 is 5.32 Å². The van der Waals surface area contributed by atoms with Crippen molar-refractivity contribution in [3.8, 4) is 0 Å². The number of benzene rings is 2. The molecule has 2 aromatic rings. The van der Waals surface area contributed by atoms with Crippen molar-refractivity contribution in [3.63, 3.8) is 0 Å². The Morgan fingerprint density at radius 3 is 2.71 bits per heavy atom. The van der Waals surface area contributed by atoms with Gasteiger partial charge in [-0.25, -0.2) is 4.39 Å². The third-order valence-corrected chi connectivity index (χ3v) is 5.36. The fraction of sp³-hybridized carbons (Fsp3) is 0.435. The molecule has 150 valence electrons. The quantitative estimate of drug-likeness (QED) is 0.588. The Morgan fingerprint density at radius 1 is 1.18 bits per heavy atom. The Labute approximate surface area is 168 Å².